The molecular formula is C15H18ClN3O. The van der Waals surface area contributed by atoms with Crippen LogP contribution in [0.4, 0.5) is 0 Å². The zero-order chi connectivity index (χ0) is 14.3. The first kappa shape index (κ1) is 13.6. The van der Waals surface area contributed by atoms with E-state index in [1.54, 1.807) is 0 Å². The number of aromatic nitrogens is 2. The number of halogens is 1. The second-order valence-electron chi connectivity index (χ2n) is 6.06. The van der Waals surface area contributed by atoms with E-state index in [0.717, 1.165) is 11.4 Å². The number of benzene rings is 1. The molecule has 106 valence electrons. The summed E-state index contributed by atoms with van der Waals surface area (Å²) in [6.07, 6.45) is 1.04. The van der Waals surface area contributed by atoms with Gasteiger partial charge in [-0.1, -0.05) is 36.7 Å². The molecule has 4 nitrogen and oxygen atoms in total. The Kier molecular flexibility index (Phi) is 3.30. The molecule has 0 radical (unpaired) electrons. The molecule has 1 aromatic heterocycles. The molecule has 3 rings (SSSR count). The minimum Gasteiger partial charge on any atom is -0.338 e. The highest BCUT2D eigenvalue weighted by atomic mass is 35.5. The molecule has 1 N–H and O–H groups in total. The quantitative estimate of drug-likeness (QED) is 0.941. The normalized spacial score (nSPS) is 20.1. The van der Waals surface area contributed by atoms with Gasteiger partial charge in [0.1, 0.15) is 0 Å². The van der Waals surface area contributed by atoms with Crippen LogP contribution in [0, 0.1) is 12.3 Å². The molecule has 20 heavy (non-hydrogen) atoms. The van der Waals surface area contributed by atoms with Gasteiger partial charge in [-0.15, -0.1) is 0 Å². The molecule has 0 bridgehead atoms. The van der Waals surface area contributed by atoms with E-state index in [0.29, 0.717) is 18.3 Å². The van der Waals surface area contributed by atoms with Crippen molar-refractivity contribution in [1.82, 2.24) is 15.5 Å². The summed E-state index contributed by atoms with van der Waals surface area (Å²) < 4.78 is 5.15. The molecule has 1 heterocycles. The minimum absolute atomic E-state index is 0.141. The van der Waals surface area contributed by atoms with E-state index in [1.165, 1.54) is 11.1 Å². The van der Waals surface area contributed by atoms with Crippen molar-refractivity contribution < 1.29 is 4.52 Å². The number of nitrogens with one attached hydrogen (secondary N) is 1. The van der Waals surface area contributed by atoms with Crippen molar-refractivity contribution >= 4 is 11.6 Å². The molecule has 0 amide bonds. The SMILES string of the molecule is Cc1noc(CNC2c3cc(Cl)ccc3CC2(C)C)n1. The fourth-order valence-electron chi connectivity index (χ4n) is 3.00. The third-order valence-corrected chi connectivity index (χ3v) is 4.11. The van der Waals surface area contributed by atoms with Gasteiger partial charge in [0, 0.05) is 11.1 Å². The van der Waals surface area contributed by atoms with Crippen molar-refractivity contribution in [2.24, 2.45) is 5.41 Å². The molecule has 0 fully saturated rings. The van der Waals surface area contributed by atoms with Crippen molar-refractivity contribution in [2.45, 2.75) is 39.8 Å². The predicted octanol–water partition coefficient (Wildman–Crippen LogP) is 3.44. The average Bonchev–Trinajstić information content (AvgIpc) is 2.87. The van der Waals surface area contributed by atoms with Crippen molar-refractivity contribution in [2.75, 3.05) is 0 Å². The summed E-state index contributed by atoms with van der Waals surface area (Å²) in [5.41, 5.74) is 2.78. The lowest BCUT2D eigenvalue weighted by Gasteiger charge is -2.28. The van der Waals surface area contributed by atoms with E-state index in [2.05, 4.69) is 41.4 Å². The van der Waals surface area contributed by atoms with Gasteiger partial charge in [-0.05, 0) is 42.0 Å². The Labute approximate surface area is 123 Å². The molecule has 2 aromatic rings. The smallest absolute Gasteiger partial charge is 0.240 e. The van der Waals surface area contributed by atoms with Crippen LogP contribution in [0.25, 0.3) is 0 Å². The molecular weight excluding hydrogens is 274 g/mol. The Hall–Kier alpha value is -1.39. The predicted molar refractivity (Wildman–Crippen MR) is 77.6 cm³/mol. The van der Waals surface area contributed by atoms with Gasteiger partial charge in [0.25, 0.3) is 0 Å². The van der Waals surface area contributed by atoms with Gasteiger partial charge in [-0.3, -0.25) is 0 Å². The van der Waals surface area contributed by atoms with Crippen LogP contribution in [0.1, 0.15) is 42.7 Å². The third-order valence-electron chi connectivity index (χ3n) is 3.87. The van der Waals surface area contributed by atoms with E-state index >= 15 is 0 Å². The monoisotopic (exact) mass is 291 g/mol. The van der Waals surface area contributed by atoms with E-state index in [1.807, 2.05) is 13.0 Å². The van der Waals surface area contributed by atoms with Crippen molar-refractivity contribution in [3.63, 3.8) is 0 Å². The molecule has 1 aliphatic rings. The number of fused-ring (bicyclic) bond motifs is 1. The number of rotatable bonds is 3. The number of nitrogens with zero attached hydrogens (tertiary/aromatic N) is 2. The van der Waals surface area contributed by atoms with Crippen LogP contribution in [0.15, 0.2) is 22.7 Å². The topological polar surface area (TPSA) is 51.0 Å². The maximum atomic E-state index is 6.13. The van der Waals surface area contributed by atoms with Crippen LogP contribution < -0.4 is 5.32 Å². The highest BCUT2D eigenvalue weighted by Gasteiger charge is 2.38. The van der Waals surface area contributed by atoms with Crippen LogP contribution in [0.5, 0.6) is 0 Å². The van der Waals surface area contributed by atoms with Crippen LogP contribution in [0.3, 0.4) is 0 Å². The van der Waals surface area contributed by atoms with E-state index in [-0.39, 0.29) is 11.5 Å². The molecule has 1 atom stereocenters. The number of aryl methyl sites for hydroxylation is 1. The van der Waals surface area contributed by atoms with Crippen LogP contribution >= 0.6 is 11.6 Å². The van der Waals surface area contributed by atoms with Gasteiger partial charge >= 0.3 is 0 Å². The second kappa shape index (κ2) is 4.86. The Morgan fingerprint density at radius 1 is 1.45 bits per heavy atom. The first-order valence-electron chi connectivity index (χ1n) is 6.76. The van der Waals surface area contributed by atoms with Crippen molar-refractivity contribution in [3.05, 3.63) is 46.1 Å². The fraction of sp³-hybridized carbons (Fsp3) is 0.467. The molecule has 5 heteroatoms. The van der Waals surface area contributed by atoms with Gasteiger partial charge < -0.3 is 9.84 Å². The van der Waals surface area contributed by atoms with Gasteiger partial charge in [-0.2, -0.15) is 4.98 Å². The summed E-state index contributed by atoms with van der Waals surface area (Å²) in [4.78, 5) is 4.23. The Bertz CT molecular complexity index is 636. The van der Waals surface area contributed by atoms with Gasteiger partial charge in [0.05, 0.1) is 6.54 Å². The van der Waals surface area contributed by atoms with E-state index in [9.17, 15) is 0 Å². The molecule has 0 aliphatic heterocycles. The largest absolute Gasteiger partial charge is 0.338 e. The maximum Gasteiger partial charge on any atom is 0.240 e. The van der Waals surface area contributed by atoms with E-state index < -0.39 is 0 Å². The number of hydrogen-bond acceptors (Lipinski definition) is 4. The van der Waals surface area contributed by atoms with E-state index in [4.69, 9.17) is 16.1 Å². The summed E-state index contributed by atoms with van der Waals surface area (Å²) in [5.74, 6) is 1.28. The Morgan fingerprint density at radius 2 is 2.25 bits per heavy atom. The molecule has 0 saturated heterocycles. The highest BCUT2D eigenvalue weighted by molar-refractivity contribution is 6.30. The van der Waals surface area contributed by atoms with Crippen LogP contribution in [0.2, 0.25) is 5.02 Å². The van der Waals surface area contributed by atoms with Crippen molar-refractivity contribution in [1.29, 1.82) is 0 Å². The Morgan fingerprint density at radius 3 is 2.95 bits per heavy atom. The fourth-order valence-corrected chi connectivity index (χ4v) is 3.18. The Balaban J connectivity index is 1.83. The molecule has 0 spiro atoms. The summed E-state index contributed by atoms with van der Waals surface area (Å²) in [6.45, 7) is 6.91. The summed E-state index contributed by atoms with van der Waals surface area (Å²) in [6, 6.07) is 6.38. The van der Waals surface area contributed by atoms with Gasteiger partial charge in [0.15, 0.2) is 5.82 Å². The maximum absolute atomic E-state index is 6.13. The van der Waals surface area contributed by atoms with Crippen molar-refractivity contribution in [3.8, 4) is 0 Å². The zero-order valence-corrected chi connectivity index (χ0v) is 12.7. The van der Waals surface area contributed by atoms with Gasteiger partial charge in [-0.25, -0.2) is 0 Å². The molecule has 1 aliphatic carbocycles. The first-order valence-corrected chi connectivity index (χ1v) is 7.14. The lowest BCUT2D eigenvalue weighted by Crippen LogP contribution is -2.30. The minimum atomic E-state index is 0.141. The second-order valence-corrected chi connectivity index (χ2v) is 6.49. The number of hydrogen-bond donors (Lipinski definition) is 1. The van der Waals surface area contributed by atoms with Crippen LogP contribution in [-0.4, -0.2) is 10.1 Å². The summed E-state index contributed by atoms with van der Waals surface area (Å²) in [7, 11) is 0. The molecule has 0 saturated carbocycles. The van der Waals surface area contributed by atoms with Gasteiger partial charge in [0.2, 0.25) is 5.89 Å². The molecule has 1 aromatic carbocycles. The van der Waals surface area contributed by atoms with Crippen LogP contribution in [-0.2, 0) is 13.0 Å². The standard InChI is InChI=1S/C15H18ClN3O/c1-9-18-13(20-19-9)8-17-14-12-6-11(16)5-4-10(12)7-15(14,2)3/h4-6,14,17H,7-8H2,1-3H3. The summed E-state index contributed by atoms with van der Waals surface area (Å²) >= 11 is 6.13. The summed E-state index contributed by atoms with van der Waals surface area (Å²) in [5, 5.41) is 8.12. The lowest BCUT2D eigenvalue weighted by atomic mass is 9.85. The molecule has 1 unspecified atom stereocenters. The third kappa shape index (κ3) is 2.45. The highest BCUT2D eigenvalue weighted by Crippen LogP contribution is 2.45. The first-order chi connectivity index (χ1) is 9.45. The zero-order valence-electron chi connectivity index (χ0n) is 11.9. The average molecular weight is 292 g/mol. The lowest BCUT2D eigenvalue weighted by molar-refractivity contribution is 0.255.